The molecule has 1 N–H and O–H groups in total. The van der Waals surface area contributed by atoms with E-state index in [0.29, 0.717) is 0 Å². The van der Waals surface area contributed by atoms with E-state index in [1.807, 2.05) is 12.2 Å². The van der Waals surface area contributed by atoms with Gasteiger partial charge in [0.25, 0.3) is 5.91 Å². The summed E-state index contributed by atoms with van der Waals surface area (Å²) in [5.74, 6) is -2.77. The number of imide groups is 1. The maximum Gasteiger partial charge on any atom is 0.329 e. The van der Waals surface area contributed by atoms with Crippen molar-refractivity contribution in [2.24, 2.45) is 23.7 Å². The van der Waals surface area contributed by atoms with E-state index in [9.17, 15) is 19.2 Å². The molecule has 2 fully saturated rings. The van der Waals surface area contributed by atoms with E-state index in [2.05, 4.69) is 5.32 Å². The number of fused-ring (bicyclic) bond motifs is 5. The Labute approximate surface area is 177 Å². The smallest absolute Gasteiger partial charge is 0.329 e. The number of allylic oxidation sites excluding steroid dienone is 2. The summed E-state index contributed by atoms with van der Waals surface area (Å²) in [6.07, 6.45) is 4.77. The first kappa shape index (κ1) is 19.9. The summed E-state index contributed by atoms with van der Waals surface area (Å²) in [6.45, 7) is 0.849. The molecule has 1 saturated heterocycles. The second kappa shape index (κ2) is 7.46. The van der Waals surface area contributed by atoms with Crippen LogP contribution in [0.15, 0.2) is 30.4 Å². The maximum atomic E-state index is 12.7. The number of benzene rings is 1. The number of anilines is 1. The van der Waals surface area contributed by atoms with Gasteiger partial charge in [-0.25, -0.2) is 4.79 Å². The largest absolute Gasteiger partial charge is 0.454 e. The Kier molecular flexibility index (Phi) is 5.12. The zero-order valence-electron chi connectivity index (χ0n) is 15.4. The number of rotatable bonds is 5. The van der Waals surface area contributed by atoms with Crippen molar-refractivity contribution in [1.29, 1.82) is 0 Å². The number of halogens is 2. The van der Waals surface area contributed by atoms with Gasteiger partial charge in [-0.15, -0.1) is 0 Å². The van der Waals surface area contributed by atoms with Crippen LogP contribution in [-0.4, -0.2) is 41.2 Å². The molecule has 2 bridgehead atoms. The Morgan fingerprint density at radius 1 is 1.17 bits per heavy atom. The average molecular weight is 437 g/mol. The third-order valence-electron chi connectivity index (χ3n) is 5.80. The zero-order valence-corrected chi connectivity index (χ0v) is 16.9. The molecule has 3 aliphatic rings. The second-order valence-electron chi connectivity index (χ2n) is 7.48. The highest BCUT2D eigenvalue weighted by Gasteiger charge is 2.60. The SMILES string of the molecule is C[C@H](C(=O)OCC(=O)Nc1cccc(Cl)c1Cl)N1C(=O)[C@@H]2[C@H](C1=O)[C@H]1C=C[C@H]2C1. The van der Waals surface area contributed by atoms with E-state index in [1.54, 1.807) is 18.2 Å². The van der Waals surface area contributed by atoms with Crippen molar-refractivity contribution in [2.75, 3.05) is 11.9 Å². The van der Waals surface area contributed by atoms with Gasteiger partial charge in [-0.05, 0) is 37.3 Å². The van der Waals surface area contributed by atoms with Gasteiger partial charge in [0.05, 0.1) is 27.6 Å². The molecule has 152 valence electrons. The Hall–Kier alpha value is -2.38. The van der Waals surface area contributed by atoms with Crippen LogP contribution in [0.25, 0.3) is 0 Å². The van der Waals surface area contributed by atoms with E-state index in [4.69, 9.17) is 27.9 Å². The first-order valence-electron chi connectivity index (χ1n) is 9.25. The van der Waals surface area contributed by atoms with Gasteiger partial charge in [0.2, 0.25) is 11.8 Å². The summed E-state index contributed by atoms with van der Waals surface area (Å²) in [6, 6.07) is 3.64. The first-order chi connectivity index (χ1) is 13.8. The van der Waals surface area contributed by atoms with E-state index in [0.717, 1.165) is 11.3 Å². The van der Waals surface area contributed by atoms with Gasteiger partial charge in [0, 0.05) is 0 Å². The number of esters is 1. The molecule has 2 aliphatic carbocycles. The molecular weight excluding hydrogens is 419 g/mol. The van der Waals surface area contributed by atoms with Gasteiger partial charge in [-0.3, -0.25) is 19.3 Å². The number of ether oxygens (including phenoxy) is 1. The molecule has 1 heterocycles. The van der Waals surface area contributed by atoms with Crippen molar-refractivity contribution in [2.45, 2.75) is 19.4 Å². The van der Waals surface area contributed by atoms with Gasteiger partial charge in [0.15, 0.2) is 6.61 Å². The summed E-state index contributed by atoms with van der Waals surface area (Å²) >= 11 is 11.9. The van der Waals surface area contributed by atoms with Crippen LogP contribution in [0.5, 0.6) is 0 Å². The van der Waals surface area contributed by atoms with Gasteiger partial charge in [-0.1, -0.05) is 41.4 Å². The van der Waals surface area contributed by atoms with Crippen molar-refractivity contribution >= 4 is 52.6 Å². The highest BCUT2D eigenvalue weighted by atomic mass is 35.5. The standard InChI is InChI=1S/C20H18Cl2N2O5/c1-9(24-18(26)15-10-5-6-11(7-10)16(15)19(24)27)20(28)29-8-14(25)23-13-4-2-3-12(21)17(13)22/h2-6,9-11,15-16H,7-8H2,1H3,(H,23,25)/t9-,10+,11+,15-,16+/m1/s1. The fraction of sp³-hybridized carbons (Fsp3) is 0.400. The van der Waals surface area contributed by atoms with Crippen molar-refractivity contribution < 1.29 is 23.9 Å². The number of nitrogens with one attached hydrogen (secondary N) is 1. The number of amides is 3. The Morgan fingerprint density at radius 2 is 1.79 bits per heavy atom. The molecule has 3 amide bonds. The van der Waals surface area contributed by atoms with Crippen molar-refractivity contribution in [3.8, 4) is 0 Å². The van der Waals surface area contributed by atoms with Crippen LogP contribution in [0.2, 0.25) is 10.0 Å². The molecule has 1 aromatic carbocycles. The van der Waals surface area contributed by atoms with E-state index in [-0.39, 0.29) is 51.2 Å². The molecule has 29 heavy (non-hydrogen) atoms. The summed E-state index contributed by atoms with van der Waals surface area (Å²) < 4.78 is 5.02. The normalized spacial score (nSPS) is 27.9. The van der Waals surface area contributed by atoms with Crippen LogP contribution in [0.4, 0.5) is 5.69 Å². The highest BCUT2D eigenvalue weighted by molar-refractivity contribution is 6.44. The number of likely N-dealkylation sites (tertiary alicyclic amines) is 1. The van der Waals surface area contributed by atoms with Gasteiger partial charge in [-0.2, -0.15) is 0 Å². The molecule has 0 radical (unpaired) electrons. The summed E-state index contributed by atoms with van der Waals surface area (Å²) in [7, 11) is 0. The molecule has 5 atom stereocenters. The lowest BCUT2D eigenvalue weighted by molar-refractivity contribution is -0.159. The van der Waals surface area contributed by atoms with Crippen LogP contribution in [-0.2, 0) is 23.9 Å². The van der Waals surface area contributed by atoms with Gasteiger partial charge in [0.1, 0.15) is 6.04 Å². The fourth-order valence-corrected chi connectivity index (χ4v) is 4.80. The minimum Gasteiger partial charge on any atom is -0.454 e. The Morgan fingerprint density at radius 3 is 2.41 bits per heavy atom. The summed E-state index contributed by atoms with van der Waals surface area (Å²) in [5, 5.41) is 2.94. The predicted octanol–water partition coefficient (Wildman–Crippen LogP) is 2.67. The predicted molar refractivity (Wildman–Crippen MR) is 105 cm³/mol. The molecule has 1 aromatic rings. The minimum absolute atomic E-state index is 0.0582. The number of hydrogen-bond donors (Lipinski definition) is 1. The lowest BCUT2D eigenvalue weighted by atomic mass is 9.85. The van der Waals surface area contributed by atoms with Crippen LogP contribution in [0.1, 0.15) is 13.3 Å². The molecule has 1 saturated carbocycles. The number of carbonyl (C=O) groups is 4. The Balaban J connectivity index is 1.35. The van der Waals surface area contributed by atoms with E-state index >= 15 is 0 Å². The molecule has 7 nitrogen and oxygen atoms in total. The lowest BCUT2D eigenvalue weighted by Crippen LogP contribution is -2.45. The van der Waals surface area contributed by atoms with Crippen LogP contribution < -0.4 is 5.32 Å². The second-order valence-corrected chi connectivity index (χ2v) is 8.26. The van der Waals surface area contributed by atoms with Crippen molar-refractivity contribution in [3.05, 3.63) is 40.4 Å². The molecular formula is C20H18Cl2N2O5. The molecule has 4 rings (SSSR count). The first-order valence-corrected chi connectivity index (χ1v) is 10.0. The number of carbonyl (C=O) groups excluding carboxylic acids is 4. The van der Waals surface area contributed by atoms with Gasteiger partial charge >= 0.3 is 5.97 Å². The highest BCUT2D eigenvalue weighted by Crippen LogP contribution is 2.52. The van der Waals surface area contributed by atoms with E-state index < -0.39 is 24.5 Å². The minimum atomic E-state index is -1.09. The molecule has 0 aromatic heterocycles. The molecule has 0 spiro atoms. The van der Waals surface area contributed by atoms with E-state index in [1.165, 1.54) is 6.92 Å². The third kappa shape index (κ3) is 3.32. The fourth-order valence-electron chi connectivity index (χ4n) is 4.46. The maximum absolute atomic E-state index is 12.7. The topological polar surface area (TPSA) is 92.8 Å². The monoisotopic (exact) mass is 436 g/mol. The number of hydrogen-bond acceptors (Lipinski definition) is 5. The molecule has 9 heteroatoms. The quantitative estimate of drug-likeness (QED) is 0.435. The van der Waals surface area contributed by atoms with Crippen molar-refractivity contribution in [3.63, 3.8) is 0 Å². The van der Waals surface area contributed by atoms with Crippen LogP contribution in [0, 0.1) is 23.7 Å². The third-order valence-corrected chi connectivity index (χ3v) is 6.62. The summed E-state index contributed by atoms with van der Waals surface area (Å²) in [4.78, 5) is 50.9. The molecule has 1 aliphatic heterocycles. The Bertz CT molecular complexity index is 917. The van der Waals surface area contributed by atoms with Crippen LogP contribution in [0.3, 0.4) is 0 Å². The lowest BCUT2D eigenvalue weighted by Gasteiger charge is -2.23. The molecule has 0 unspecified atom stereocenters. The summed E-state index contributed by atoms with van der Waals surface area (Å²) in [5.41, 5.74) is 0.286. The van der Waals surface area contributed by atoms with Crippen molar-refractivity contribution in [1.82, 2.24) is 4.90 Å². The van der Waals surface area contributed by atoms with Gasteiger partial charge < -0.3 is 10.1 Å². The number of nitrogens with zero attached hydrogens (tertiary/aromatic N) is 1. The zero-order chi connectivity index (χ0) is 20.9. The average Bonchev–Trinajstić information content (AvgIpc) is 3.37. The van der Waals surface area contributed by atoms with Crippen LogP contribution >= 0.6 is 23.2 Å².